The van der Waals surface area contributed by atoms with Crippen LogP contribution in [0.4, 0.5) is 5.69 Å². The Bertz CT molecular complexity index is 864. The quantitative estimate of drug-likeness (QED) is 0.659. The highest BCUT2D eigenvalue weighted by atomic mass is 32.2. The highest BCUT2D eigenvalue weighted by Gasteiger charge is 2.15. The minimum Gasteiger partial charge on any atom is -0.332 e. The SMILES string of the molecule is CC(C)NS(=O)(=O)c1ccc(NC(=S)NC(=O)Cc2ccccc2)cc1. The summed E-state index contributed by atoms with van der Waals surface area (Å²) in [5.74, 6) is -0.228. The number of amides is 1. The van der Waals surface area contributed by atoms with E-state index in [1.165, 1.54) is 12.1 Å². The molecule has 138 valence electrons. The van der Waals surface area contributed by atoms with E-state index < -0.39 is 10.0 Å². The van der Waals surface area contributed by atoms with E-state index in [0.717, 1.165) is 5.56 Å². The molecular formula is C18H21N3O3S2. The fourth-order valence-electron chi connectivity index (χ4n) is 2.21. The van der Waals surface area contributed by atoms with Crippen LogP contribution in [0, 0.1) is 0 Å². The molecule has 0 atom stereocenters. The van der Waals surface area contributed by atoms with Crippen molar-refractivity contribution in [1.29, 1.82) is 0 Å². The summed E-state index contributed by atoms with van der Waals surface area (Å²) in [6.07, 6.45) is 0.223. The van der Waals surface area contributed by atoms with E-state index in [2.05, 4.69) is 15.4 Å². The number of rotatable bonds is 6. The predicted octanol–water partition coefficient (Wildman–Crippen LogP) is 2.43. The molecule has 0 spiro atoms. The normalized spacial score (nSPS) is 11.2. The molecule has 2 aromatic rings. The Morgan fingerprint density at radius 2 is 1.65 bits per heavy atom. The van der Waals surface area contributed by atoms with Gasteiger partial charge in [0.05, 0.1) is 11.3 Å². The smallest absolute Gasteiger partial charge is 0.240 e. The lowest BCUT2D eigenvalue weighted by Crippen LogP contribution is -2.35. The molecule has 0 saturated heterocycles. The van der Waals surface area contributed by atoms with Gasteiger partial charge < -0.3 is 10.6 Å². The van der Waals surface area contributed by atoms with Gasteiger partial charge in [-0.2, -0.15) is 0 Å². The van der Waals surface area contributed by atoms with Gasteiger partial charge in [0, 0.05) is 11.7 Å². The summed E-state index contributed by atoms with van der Waals surface area (Å²) in [6, 6.07) is 15.3. The van der Waals surface area contributed by atoms with Crippen molar-refractivity contribution in [2.75, 3.05) is 5.32 Å². The zero-order valence-electron chi connectivity index (χ0n) is 14.5. The molecule has 0 fully saturated rings. The Morgan fingerprint density at radius 3 is 2.23 bits per heavy atom. The zero-order chi connectivity index (χ0) is 19.2. The minimum atomic E-state index is -3.54. The lowest BCUT2D eigenvalue weighted by molar-refractivity contribution is -0.119. The second kappa shape index (κ2) is 8.88. The van der Waals surface area contributed by atoms with Gasteiger partial charge in [0.1, 0.15) is 0 Å². The van der Waals surface area contributed by atoms with Gasteiger partial charge in [-0.3, -0.25) is 4.79 Å². The van der Waals surface area contributed by atoms with Crippen LogP contribution >= 0.6 is 12.2 Å². The second-order valence-corrected chi connectivity index (χ2v) is 8.09. The van der Waals surface area contributed by atoms with Crippen molar-refractivity contribution in [3.8, 4) is 0 Å². The molecule has 0 radical (unpaired) electrons. The number of hydrogen-bond acceptors (Lipinski definition) is 4. The average Bonchev–Trinajstić information content (AvgIpc) is 2.54. The molecule has 0 heterocycles. The maximum atomic E-state index is 12.1. The number of anilines is 1. The molecule has 0 unspecified atom stereocenters. The third-order valence-corrected chi connectivity index (χ3v) is 5.15. The summed E-state index contributed by atoms with van der Waals surface area (Å²) < 4.78 is 26.7. The number of sulfonamides is 1. The Morgan fingerprint density at radius 1 is 1.04 bits per heavy atom. The van der Waals surface area contributed by atoms with Crippen LogP contribution in [-0.2, 0) is 21.2 Å². The van der Waals surface area contributed by atoms with Gasteiger partial charge in [-0.25, -0.2) is 13.1 Å². The molecule has 0 saturated carbocycles. The van der Waals surface area contributed by atoms with Crippen molar-refractivity contribution in [3.05, 3.63) is 60.2 Å². The Hall–Kier alpha value is -2.29. The number of carbonyl (C=O) groups excluding carboxylic acids is 1. The van der Waals surface area contributed by atoms with E-state index in [4.69, 9.17) is 12.2 Å². The highest BCUT2D eigenvalue weighted by molar-refractivity contribution is 7.89. The molecule has 0 aliphatic rings. The number of nitrogens with one attached hydrogen (secondary N) is 3. The molecule has 2 rings (SSSR count). The molecule has 0 aliphatic carbocycles. The Labute approximate surface area is 159 Å². The van der Waals surface area contributed by atoms with Gasteiger partial charge in [0.15, 0.2) is 5.11 Å². The molecular weight excluding hydrogens is 370 g/mol. The van der Waals surface area contributed by atoms with Crippen molar-refractivity contribution in [1.82, 2.24) is 10.0 Å². The van der Waals surface area contributed by atoms with Gasteiger partial charge in [-0.1, -0.05) is 30.3 Å². The largest absolute Gasteiger partial charge is 0.332 e. The van der Waals surface area contributed by atoms with Crippen LogP contribution in [0.15, 0.2) is 59.5 Å². The highest BCUT2D eigenvalue weighted by Crippen LogP contribution is 2.14. The Kier molecular flexibility index (Phi) is 6.84. The van der Waals surface area contributed by atoms with Gasteiger partial charge in [-0.15, -0.1) is 0 Å². The number of carbonyl (C=O) groups is 1. The zero-order valence-corrected chi connectivity index (χ0v) is 16.2. The lowest BCUT2D eigenvalue weighted by Gasteiger charge is -2.12. The fraction of sp³-hybridized carbons (Fsp3) is 0.222. The van der Waals surface area contributed by atoms with E-state index in [0.29, 0.717) is 5.69 Å². The summed E-state index contributed by atoms with van der Waals surface area (Å²) in [5, 5.41) is 5.62. The third kappa shape index (κ3) is 6.21. The Balaban J connectivity index is 1.92. The first-order valence-corrected chi connectivity index (χ1v) is 9.92. The summed E-state index contributed by atoms with van der Waals surface area (Å²) >= 11 is 5.12. The van der Waals surface area contributed by atoms with E-state index >= 15 is 0 Å². The number of thiocarbonyl (C=S) groups is 1. The summed E-state index contributed by atoms with van der Waals surface area (Å²) in [6.45, 7) is 3.51. The van der Waals surface area contributed by atoms with Gasteiger partial charge >= 0.3 is 0 Å². The summed E-state index contributed by atoms with van der Waals surface area (Å²) in [7, 11) is -3.54. The van der Waals surface area contributed by atoms with Crippen LogP contribution in [0.2, 0.25) is 0 Å². The van der Waals surface area contributed by atoms with Gasteiger partial charge in [0.25, 0.3) is 0 Å². The summed E-state index contributed by atoms with van der Waals surface area (Å²) in [5.41, 5.74) is 1.47. The lowest BCUT2D eigenvalue weighted by atomic mass is 10.1. The molecule has 0 aliphatic heterocycles. The van der Waals surface area contributed by atoms with Crippen molar-refractivity contribution in [2.24, 2.45) is 0 Å². The molecule has 0 bridgehead atoms. The van der Waals surface area contributed by atoms with Crippen LogP contribution in [0.5, 0.6) is 0 Å². The molecule has 0 aromatic heterocycles. The topological polar surface area (TPSA) is 87.3 Å². The van der Waals surface area contributed by atoms with Crippen molar-refractivity contribution >= 4 is 38.9 Å². The first-order valence-electron chi connectivity index (χ1n) is 8.03. The molecule has 1 amide bonds. The maximum Gasteiger partial charge on any atom is 0.240 e. The van der Waals surface area contributed by atoms with E-state index in [1.807, 2.05) is 30.3 Å². The first-order chi connectivity index (χ1) is 12.3. The molecule has 6 nitrogen and oxygen atoms in total. The van der Waals surface area contributed by atoms with E-state index in [-0.39, 0.29) is 28.4 Å². The van der Waals surface area contributed by atoms with Crippen molar-refractivity contribution in [3.63, 3.8) is 0 Å². The van der Waals surface area contributed by atoms with Crippen LogP contribution in [-0.4, -0.2) is 25.5 Å². The maximum absolute atomic E-state index is 12.1. The fourth-order valence-corrected chi connectivity index (χ4v) is 3.69. The standard InChI is InChI=1S/C18H21N3O3S2/c1-13(2)21-26(23,24)16-10-8-15(9-11-16)19-18(25)20-17(22)12-14-6-4-3-5-7-14/h3-11,13,21H,12H2,1-2H3,(H2,19,20,22,25). The number of benzene rings is 2. The molecule has 8 heteroatoms. The third-order valence-electron chi connectivity index (χ3n) is 3.27. The first kappa shape index (κ1) is 20.0. The van der Waals surface area contributed by atoms with Crippen LogP contribution in [0.25, 0.3) is 0 Å². The average molecular weight is 392 g/mol. The van der Waals surface area contributed by atoms with Crippen LogP contribution < -0.4 is 15.4 Å². The van der Waals surface area contributed by atoms with Gasteiger partial charge in [-0.05, 0) is 55.9 Å². The van der Waals surface area contributed by atoms with E-state index in [1.54, 1.807) is 26.0 Å². The van der Waals surface area contributed by atoms with Gasteiger partial charge in [0.2, 0.25) is 15.9 Å². The van der Waals surface area contributed by atoms with Crippen molar-refractivity contribution in [2.45, 2.75) is 31.2 Å². The second-order valence-electron chi connectivity index (χ2n) is 5.97. The van der Waals surface area contributed by atoms with E-state index in [9.17, 15) is 13.2 Å². The monoisotopic (exact) mass is 391 g/mol. The van der Waals surface area contributed by atoms with Crippen LogP contribution in [0.1, 0.15) is 19.4 Å². The molecule has 2 aromatic carbocycles. The summed E-state index contributed by atoms with van der Waals surface area (Å²) in [4.78, 5) is 12.1. The van der Waals surface area contributed by atoms with Crippen molar-refractivity contribution < 1.29 is 13.2 Å². The predicted molar refractivity (Wildman–Crippen MR) is 106 cm³/mol. The van der Waals surface area contributed by atoms with Crippen LogP contribution in [0.3, 0.4) is 0 Å². The molecule has 3 N–H and O–H groups in total. The minimum absolute atomic E-state index is 0.154. The number of hydrogen-bond donors (Lipinski definition) is 3. The molecule has 26 heavy (non-hydrogen) atoms.